The van der Waals surface area contributed by atoms with Crippen molar-refractivity contribution in [2.45, 2.75) is 13.8 Å². The Morgan fingerprint density at radius 3 is 2.59 bits per heavy atom. The molecule has 1 aromatic heterocycles. The minimum absolute atomic E-state index is 0.488. The highest BCUT2D eigenvalue weighted by atomic mass is 35.5. The van der Waals surface area contributed by atoms with Gasteiger partial charge in [-0.2, -0.15) is 0 Å². The molecule has 0 aliphatic carbocycles. The van der Waals surface area contributed by atoms with Gasteiger partial charge >= 0.3 is 0 Å². The van der Waals surface area contributed by atoms with E-state index in [0.29, 0.717) is 28.9 Å². The van der Waals surface area contributed by atoms with E-state index >= 15 is 0 Å². The van der Waals surface area contributed by atoms with Crippen molar-refractivity contribution in [2.75, 3.05) is 22.5 Å². The standard InChI is InChI=1S/C23H22ClN5/c1-3-29(20-13-6-9-16-8-4-5-10-17(16)20)23-21(25)22(26-14-27-23)28-19-12-7-11-18(24)15(19)2/h4-14H,3,25H2,1-2H3,(H,26,27,28). The summed E-state index contributed by atoms with van der Waals surface area (Å²) in [5.41, 5.74) is 9.86. The Bertz CT molecular complexity index is 1170. The van der Waals surface area contributed by atoms with Crippen LogP contribution in [0.1, 0.15) is 12.5 Å². The van der Waals surface area contributed by atoms with Gasteiger partial charge in [-0.25, -0.2) is 9.97 Å². The van der Waals surface area contributed by atoms with E-state index in [2.05, 4.69) is 51.4 Å². The van der Waals surface area contributed by atoms with Gasteiger partial charge in [-0.1, -0.05) is 54.1 Å². The maximum Gasteiger partial charge on any atom is 0.161 e. The zero-order chi connectivity index (χ0) is 20.4. The predicted octanol–water partition coefficient (Wildman–Crippen LogP) is 6.08. The molecular formula is C23H22ClN5. The molecule has 0 amide bonds. The number of nitrogens with one attached hydrogen (secondary N) is 1. The monoisotopic (exact) mass is 403 g/mol. The minimum atomic E-state index is 0.488. The molecule has 146 valence electrons. The van der Waals surface area contributed by atoms with E-state index in [1.807, 2.05) is 43.3 Å². The van der Waals surface area contributed by atoms with E-state index in [1.54, 1.807) is 0 Å². The second-order valence-corrected chi connectivity index (χ2v) is 7.15. The summed E-state index contributed by atoms with van der Waals surface area (Å²) in [7, 11) is 0. The van der Waals surface area contributed by atoms with Crippen molar-refractivity contribution >= 4 is 51.1 Å². The van der Waals surface area contributed by atoms with Crippen LogP contribution in [0, 0.1) is 6.92 Å². The lowest BCUT2D eigenvalue weighted by atomic mass is 10.1. The molecular weight excluding hydrogens is 382 g/mol. The second-order valence-electron chi connectivity index (χ2n) is 6.74. The summed E-state index contributed by atoms with van der Waals surface area (Å²) in [5.74, 6) is 1.22. The molecule has 0 fully saturated rings. The highest BCUT2D eigenvalue weighted by molar-refractivity contribution is 6.31. The number of nitrogens with two attached hydrogens (primary N) is 1. The summed E-state index contributed by atoms with van der Waals surface area (Å²) in [6, 6.07) is 20.2. The van der Waals surface area contributed by atoms with Gasteiger partial charge in [0.25, 0.3) is 0 Å². The van der Waals surface area contributed by atoms with E-state index in [9.17, 15) is 0 Å². The van der Waals surface area contributed by atoms with Crippen LogP contribution in [0.25, 0.3) is 10.8 Å². The molecule has 29 heavy (non-hydrogen) atoms. The third-order valence-corrected chi connectivity index (χ3v) is 5.42. The fraction of sp³-hybridized carbons (Fsp3) is 0.130. The SMILES string of the molecule is CCN(c1ncnc(Nc2cccc(Cl)c2C)c1N)c1cccc2ccccc12. The Balaban J connectivity index is 1.78. The Morgan fingerprint density at radius 2 is 1.76 bits per heavy atom. The maximum absolute atomic E-state index is 6.52. The van der Waals surface area contributed by atoms with Crippen LogP contribution >= 0.6 is 11.6 Å². The smallest absolute Gasteiger partial charge is 0.161 e. The molecule has 4 rings (SSSR count). The topological polar surface area (TPSA) is 67.1 Å². The molecule has 0 saturated carbocycles. The molecule has 5 nitrogen and oxygen atoms in total. The molecule has 1 heterocycles. The lowest BCUT2D eigenvalue weighted by Crippen LogP contribution is -2.20. The number of hydrogen-bond acceptors (Lipinski definition) is 5. The lowest BCUT2D eigenvalue weighted by Gasteiger charge is -2.25. The number of rotatable bonds is 5. The number of halogens is 1. The minimum Gasteiger partial charge on any atom is -0.393 e. The molecule has 0 radical (unpaired) electrons. The van der Waals surface area contributed by atoms with Crippen LogP contribution in [-0.2, 0) is 0 Å². The third kappa shape index (κ3) is 3.57. The van der Waals surface area contributed by atoms with Crippen LogP contribution in [0.3, 0.4) is 0 Å². The summed E-state index contributed by atoms with van der Waals surface area (Å²) in [6.45, 7) is 4.75. The normalized spacial score (nSPS) is 10.9. The molecule has 0 aliphatic rings. The number of hydrogen-bond donors (Lipinski definition) is 2. The third-order valence-electron chi connectivity index (χ3n) is 5.01. The Morgan fingerprint density at radius 1 is 1.00 bits per heavy atom. The average Bonchev–Trinajstić information content (AvgIpc) is 2.74. The van der Waals surface area contributed by atoms with Crippen molar-refractivity contribution in [1.29, 1.82) is 0 Å². The van der Waals surface area contributed by atoms with Crippen LogP contribution in [0.15, 0.2) is 67.0 Å². The lowest BCUT2D eigenvalue weighted by molar-refractivity contribution is 0.985. The molecule has 3 N–H and O–H groups in total. The molecule has 3 aromatic carbocycles. The quantitative estimate of drug-likeness (QED) is 0.423. The summed E-state index contributed by atoms with van der Waals surface area (Å²) in [5, 5.41) is 6.31. The Labute approximate surface area is 175 Å². The zero-order valence-corrected chi connectivity index (χ0v) is 17.1. The van der Waals surface area contributed by atoms with Crippen molar-refractivity contribution in [3.8, 4) is 0 Å². The van der Waals surface area contributed by atoms with Crippen LogP contribution < -0.4 is 16.0 Å². The van der Waals surface area contributed by atoms with Gasteiger partial charge in [-0.3, -0.25) is 0 Å². The van der Waals surface area contributed by atoms with Gasteiger partial charge in [-0.05, 0) is 43.0 Å². The van der Waals surface area contributed by atoms with Crippen molar-refractivity contribution in [3.05, 3.63) is 77.6 Å². The highest BCUT2D eigenvalue weighted by Crippen LogP contribution is 2.37. The fourth-order valence-corrected chi connectivity index (χ4v) is 3.62. The number of nitrogens with zero attached hydrogens (tertiary/aromatic N) is 3. The van der Waals surface area contributed by atoms with Gasteiger partial charge in [0.2, 0.25) is 0 Å². The molecule has 0 spiro atoms. The summed E-state index contributed by atoms with van der Waals surface area (Å²) >= 11 is 6.25. The first-order chi connectivity index (χ1) is 14.1. The summed E-state index contributed by atoms with van der Waals surface area (Å²) < 4.78 is 0. The largest absolute Gasteiger partial charge is 0.393 e. The van der Waals surface area contributed by atoms with Gasteiger partial charge < -0.3 is 16.0 Å². The molecule has 6 heteroatoms. The predicted molar refractivity (Wildman–Crippen MR) is 123 cm³/mol. The van der Waals surface area contributed by atoms with E-state index in [-0.39, 0.29) is 0 Å². The summed E-state index contributed by atoms with van der Waals surface area (Å²) in [6.07, 6.45) is 1.53. The zero-order valence-electron chi connectivity index (χ0n) is 16.4. The molecule has 0 unspecified atom stereocenters. The molecule has 4 aromatic rings. The highest BCUT2D eigenvalue weighted by Gasteiger charge is 2.18. The first kappa shape index (κ1) is 19.0. The summed E-state index contributed by atoms with van der Waals surface area (Å²) in [4.78, 5) is 11.0. The van der Waals surface area contributed by atoms with E-state index in [4.69, 9.17) is 17.3 Å². The van der Waals surface area contributed by atoms with Gasteiger partial charge in [-0.15, -0.1) is 0 Å². The van der Waals surface area contributed by atoms with E-state index < -0.39 is 0 Å². The number of fused-ring (bicyclic) bond motifs is 1. The van der Waals surface area contributed by atoms with Crippen molar-refractivity contribution in [2.24, 2.45) is 0 Å². The first-order valence-electron chi connectivity index (χ1n) is 9.48. The molecule has 0 saturated heterocycles. The van der Waals surface area contributed by atoms with E-state index in [0.717, 1.165) is 22.3 Å². The molecule has 0 atom stereocenters. The van der Waals surface area contributed by atoms with Crippen molar-refractivity contribution in [3.63, 3.8) is 0 Å². The van der Waals surface area contributed by atoms with Crippen molar-refractivity contribution < 1.29 is 0 Å². The van der Waals surface area contributed by atoms with Gasteiger partial charge in [0, 0.05) is 22.6 Å². The Hall–Kier alpha value is -3.31. The maximum atomic E-state index is 6.52. The number of nitrogen functional groups attached to an aromatic ring is 1. The molecule has 0 bridgehead atoms. The van der Waals surface area contributed by atoms with E-state index in [1.165, 1.54) is 11.7 Å². The van der Waals surface area contributed by atoms with Gasteiger partial charge in [0.05, 0.1) is 5.69 Å². The average molecular weight is 404 g/mol. The van der Waals surface area contributed by atoms with Crippen LogP contribution in [-0.4, -0.2) is 16.5 Å². The Kier molecular flexibility index (Phi) is 5.23. The van der Waals surface area contributed by atoms with Gasteiger partial charge in [0.15, 0.2) is 11.6 Å². The number of aromatic nitrogens is 2. The van der Waals surface area contributed by atoms with Crippen LogP contribution in [0.2, 0.25) is 5.02 Å². The number of anilines is 5. The fourth-order valence-electron chi connectivity index (χ4n) is 3.45. The van der Waals surface area contributed by atoms with Crippen LogP contribution in [0.5, 0.6) is 0 Å². The van der Waals surface area contributed by atoms with Crippen molar-refractivity contribution in [1.82, 2.24) is 9.97 Å². The molecule has 0 aliphatic heterocycles. The number of benzene rings is 3. The van der Waals surface area contributed by atoms with Gasteiger partial charge in [0.1, 0.15) is 12.0 Å². The van der Waals surface area contributed by atoms with Crippen LogP contribution in [0.4, 0.5) is 28.7 Å². The second kappa shape index (κ2) is 7.97. The first-order valence-corrected chi connectivity index (χ1v) is 9.86.